The number of likely N-dealkylation sites (N-methyl/N-ethyl adjacent to an activating group) is 1. The second-order valence-electron chi connectivity index (χ2n) is 8.82. The molecule has 1 saturated carbocycles. The van der Waals surface area contributed by atoms with E-state index in [0.717, 1.165) is 62.4 Å². The van der Waals surface area contributed by atoms with Crippen molar-refractivity contribution >= 4 is 11.7 Å². The summed E-state index contributed by atoms with van der Waals surface area (Å²) in [4.78, 5) is 28.9. The van der Waals surface area contributed by atoms with Gasteiger partial charge in [-0.1, -0.05) is 0 Å². The molecule has 7 heteroatoms. The molecule has 2 aliphatic heterocycles. The SMILES string of the molecule is Cc1nc(C(=O)N2CCC23CC(CO)C3)nc(N2CC[C@@H](N(C)C)C2)c1C. The number of carbonyl (C=O) groups is 1. The lowest BCUT2D eigenvalue weighted by Crippen LogP contribution is -2.68. The molecule has 1 atom stereocenters. The average molecular weight is 374 g/mol. The molecule has 27 heavy (non-hydrogen) atoms. The molecule has 3 aliphatic rings. The quantitative estimate of drug-likeness (QED) is 0.856. The van der Waals surface area contributed by atoms with E-state index in [0.29, 0.717) is 17.8 Å². The molecular formula is C20H31N5O2. The van der Waals surface area contributed by atoms with Gasteiger partial charge in [0.05, 0.1) is 0 Å². The number of anilines is 1. The molecule has 1 amide bonds. The fourth-order valence-corrected chi connectivity index (χ4v) is 4.92. The number of hydrogen-bond acceptors (Lipinski definition) is 6. The van der Waals surface area contributed by atoms with E-state index >= 15 is 0 Å². The number of aromatic nitrogens is 2. The van der Waals surface area contributed by atoms with Crippen LogP contribution in [0.15, 0.2) is 0 Å². The summed E-state index contributed by atoms with van der Waals surface area (Å²) in [5, 5.41) is 9.33. The minimum atomic E-state index is -0.0506. The Labute approximate surface area is 161 Å². The normalized spacial score (nSPS) is 30.0. The molecule has 0 aromatic carbocycles. The van der Waals surface area contributed by atoms with E-state index in [1.54, 1.807) is 0 Å². The van der Waals surface area contributed by atoms with Crippen molar-refractivity contribution in [2.24, 2.45) is 5.92 Å². The second-order valence-corrected chi connectivity index (χ2v) is 8.82. The molecule has 3 fully saturated rings. The van der Waals surface area contributed by atoms with Crippen molar-refractivity contribution in [3.63, 3.8) is 0 Å². The molecule has 1 aromatic heterocycles. The fraction of sp³-hybridized carbons (Fsp3) is 0.750. The Balaban J connectivity index is 1.56. The molecule has 4 rings (SSSR count). The monoisotopic (exact) mass is 373 g/mol. The Morgan fingerprint density at radius 2 is 2.00 bits per heavy atom. The van der Waals surface area contributed by atoms with Crippen LogP contribution in [0.2, 0.25) is 0 Å². The topological polar surface area (TPSA) is 72.8 Å². The van der Waals surface area contributed by atoms with Gasteiger partial charge in [-0.15, -0.1) is 0 Å². The number of aliphatic hydroxyl groups is 1. The maximum atomic E-state index is 13.1. The van der Waals surface area contributed by atoms with E-state index in [-0.39, 0.29) is 18.1 Å². The third-order valence-electron chi connectivity index (χ3n) is 6.96. The van der Waals surface area contributed by atoms with Gasteiger partial charge in [0.15, 0.2) is 0 Å². The highest BCUT2D eigenvalue weighted by Gasteiger charge is 2.56. The number of likely N-dealkylation sites (tertiary alicyclic amines) is 1. The molecule has 1 aromatic rings. The van der Waals surface area contributed by atoms with E-state index in [1.807, 2.05) is 18.7 Å². The average Bonchev–Trinajstić information content (AvgIpc) is 3.05. The molecule has 2 saturated heterocycles. The van der Waals surface area contributed by atoms with Gasteiger partial charge < -0.3 is 19.8 Å². The predicted octanol–water partition coefficient (Wildman–Crippen LogP) is 1.22. The first-order valence-electron chi connectivity index (χ1n) is 10.0. The molecule has 1 aliphatic carbocycles. The predicted molar refractivity (Wildman–Crippen MR) is 104 cm³/mol. The Morgan fingerprint density at radius 3 is 2.56 bits per heavy atom. The van der Waals surface area contributed by atoms with Gasteiger partial charge in [-0.25, -0.2) is 9.97 Å². The van der Waals surface area contributed by atoms with E-state index in [9.17, 15) is 9.90 Å². The van der Waals surface area contributed by atoms with Gasteiger partial charge in [-0.05, 0) is 59.5 Å². The van der Waals surface area contributed by atoms with Crippen molar-refractivity contribution in [1.29, 1.82) is 0 Å². The van der Waals surface area contributed by atoms with Gasteiger partial charge in [-0.2, -0.15) is 0 Å². The molecular weight excluding hydrogens is 342 g/mol. The molecule has 0 bridgehead atoms. The molecule has 1 N–H and O–H groups in total. The zero-order valence-electron chi connectivity index (χ0n) is 16.9. The highest BCUT2D eigenvalue weighted by molar-refractivity contribution is 5.92. The Morgan fingerprint density at radius 1 is 1.26 bits per heavy atom. The van der Waals surface area contributed by atoms with Gasteiger partial charge in [0, 0.05) is 49.1 Å². The minimum Gasteiger partial charge on any atom is -0.396 e. The van der Waals surface area contributed by atoms with Crippen molar-refractivity contribution < 1.29 is 9.90 Å². The summed E-state index contributed by atoms with van der Waals surface area (Å²) in [6, 6.07) is 0.517. The summed E-state index contributed by atoms with van der Waals surface area (Å²) >= 11 is 0. The first-order chi connectivity index (χ1) is 12.8. The molecule has 3 heterocycles. The van der Waals surface area contributed by atoms with Crippen LogP contribution in [0.3, 0.4) is 0 Å². The Kier molecular flexibility index (Phi) is 4.63. The number of rotatable bonds is 4. The smallest absolute Gasteiger partial charge is 0.292 e. The summed E-state index contributed by atoms with van der Waals surface area (Å²) in [5.74, 6) is 1.52. The fourth-order valence-electron chi connectivity index (χ4n) is 4.92. The van der Waals surface area contributed by atoms with Gasteiger partial charge in [0.1, 0.15) is 5.82 Å². The maximum Gasteiger partial charge on any atom is 0.292 e. The van der Waals surface area contributed by atoms with E-state index < -0.39 is 0 Å². The van der Waals surface area contributed by atoms with Crippen LogP contribution in [0.4, 0.5) is 5.82 Å². The summed E-state index contributed by atoms with van der Waals surface area (Å²) in [7, 11) is 4.23. The van der Waals surface area contributed by atoms with Crippen molar-refractivity contribution in [3.8, 4) is 0 Å². The molecule has 1 spiro atoms. The van der Waals surface area contributed by atoms with Crippen molar-refractivity contribution in [1.82, 2.24) is 19.8 Å². The molecule has 148 valence electrons. The Hall–Kier alpha value is -1.73. The first-order valence-corrected chi connectivity index (χ1v) is 10.0. The maximum absolute atomic E-state index is 13.1. The molecule has 0 unspecified atom stereocenters. The van der Waals surface area contributed by atoms with Gasteiger partial charge in [0.2, 0.25) is 5.82 Å². The zero-order chi connectivity index (χ0) is 19.3. The summed E-state index contributed by atoms with van der Waals surface area (Å²) in [5.41, 5.74) is 1.90. The molecule has 0 radical (unpaired) electrons. The largest absolute Gasteiger partial charge is 0.396 e. The van der Waals surface area contributed by atoms with E-state index in [2.05, 4.69) is 28.9 Å². The summed E-state index contributed by atoms with van der Waals surface area (Å²) in [6.07, 6.45) is 3.95. The number of aryl methyl sites for hydroxylation is 1. The zero-order valence-corrected chi connectivity index (χ0v) is 16.9. The van der Waals surface area contributed by atoms with Gasteiger partial charge in [-0.3, -0.25) is 4.79 Å². The van der Waals surface area contributed by atoms with Crippen LogP contribution >= 0.6 is 0 Å². The number of carbonyl (C=O) groups excluding carboxylic acids is 1. The lowest BCUT2D eigenvalue weighted by Gasteiger charge is -2.61. The minimum absolute atomic E-state index is 0.0452. The summed E-state index contributed by atoms with van der Waals surface area (Å²) in [6.45, 7) is 6.90. The van der Waals surface area contributed by atoms with Crippen LogP contribution in [-0.2, 0) is 0 Å². The lowest BCUT2D eigenvalue weighted by molar-refractivity contribution is -0.0909. The lowest BCUT2D eigenvalue weighted by atomic mass is 9.61. The van der Waals surface area contributed by atoms with Crippen molar-refractivity contribution in [3.05, 3.63) is 17.1 Å². The number of nitrogens with zero attached hydrogens (tertiary/aromatic N) is 5. The second kappa shape index (κ2) is 6.71. The highest BCUT2D eigenvalue weighted by Crippen LogP contribution is 2.50. The van der Waals surface area contributed by atoms with E-state index in [4.69, 9.17) is 4.98 Å². The first kappa shape index (κ1) is 18.6. The van der Waals surface area contributed by atoms with E-state index in [1.165, 1.54) is 0 Å². The van der Waals surface area contributed by atoms with Crippen molar-refractivity contribution in [2.75, 3.05) is 45.2 Å². The summed E-state index contributed by atoms with van der Waals surface area (Å²) < 4.78 is 0. The number of hydrogen-bond donors (Lipinski definition) is 1. The Bertz CT molecular complexity index is 744. The van der Waals surface area contributed by atoms with Crippen LogP contribution in [0, 0.1) is 19.8 Å². The van der Waals surface area contributed by atoms with Crippen LogP contribution in [0.5, 0.6) is 0 Å². The van der Waals surface area contributed by atoms with Crippen LogP contribution in [0.1, 0.15) is 47.6 Å². The van der Waals surface area contributed by atoms with Crippen LogP contribution < -0.4 is 4.90 Å². The molecule has 7 nitrogen and oxygen atoms in total. The van der Waals surface area contributed by atoms with Gasteiger partial charge >= 0.3 is 0 Å². The number of aliphatic hydroxyl groups excluding tert-OH is 1. The van der Waals surface area contributed by atoms with Gasteiger partial charge in [0.25, 0.3) is 5.91 Å². The van der Waals surface area contributed by atoms with Crippen molar-refractivity contribution in [2.45, 2.75) is 51.1 Å². The van der Waals surface area contributed by atoms with Crippen LogP contribution in [-0.4, -0.2) is 82.7 Å². The number of amides is 1. The van der Waals surface area contributed by atoms with Crippen LogP contribution in [0.25, 0.3) is 0 Å². The highest BCUT2D eigenvalue weighted by atomic mass is 16.3. The third kappa shape index (κ3) is 3.01. The standard InChI is InChI=1S/C20H31N5O2/c1-13-14(2)21-17(22-18(13)24-7-5-16(11-24)23(3)4)19(27)25-8-6-20(25)9-15(10-20)12-26/h15-16,26H,5-12H2,1-4H3/t15?,16-,20?/m1/s1. The third-order valence-corrected chi connectivity index (χ3v) is 6.96.